The molecule has 0 radical (unpaired) electrons. The lowest BCUT2D eigenvalue weighted by atomic mass is 10.1. The molecule has 1 N–H and O–H groups in total. The number of nitrogens with one attached hydrogen (secondary N) is 1. The highest BCUT2D eigenvalue weighted by Crippen LogP contribution is 2.23. The average Bonchev–Trinajstić information content (AvgIpc) is 3.18. The van der Waals surface area contributed by atoms with Crippen molar-refractivity contribution in [1.82, 2.24) is 9.97 Å². The Balaban J connectivity index is 1.82. The van der Waals surface area contributed by atoms with Gasteiger partial charge in [0.2, 0.25) is 5.95 Å². The van der Waals surface area contributed by atoms with E-state index in [0.717, 1.165) is 56.0 Å². The summed E-state index contributed by atoms with van der Waals surface area (Å²) in [5, 5.41) is 3.37. The molecule has 1 aromatic carbocycles. The van der Waals surface area contributed by atoms with Crippen LogP contribution >= 0.6 is 0 Å². The summed E-state index contributed by atoms with van der Waals surface area (Å²) in [5.41, 5.74) is 2.05. The highest BCUT2D eigenvalue weighted by molar-refractivity contribution is 5.64. The summed E-state index contributed by atoms with van der Waals surface area (Å²) in [7, 11) is 2.09. The lowest BCUT2D eigenvalue weighted by Gasteiger charge is -2.20. The Hall–Kier alpha value is -2.14. The molecule has 0 saturated carbocycles. The molecule has 1 aliphatic heterocycles. The third kappa shape index (κ3) is 4.92. The van der Waals surface area contributed by atoms with Crippen molar-refractivity contribution in [2.24, 2.45) is 0 Å². The van der Waals surface area contributed by atoms with Gasteiger partial charge in [-0.25, -0.2) is 4.98 Å². The first kappa shape index (κ1) is 17.7. The number of hydrogen-bond acceptors (Lipinski definition) is 5. The van der Waals surface area contributed by atoms with Crippen molar-refractivity contribution in [3.05, 3.63) is 36.4 Å². The van der Waals surface area contributed by atoms with Gasteiger partial charge in [-0.3, -0.25) is 0 Å². The molecule has 2 aromatic rings. The quantitative estimate of drug-likeness (QED) is 0.788. The summed E-state index contributed by atoms with van der Waals surface area (Å²) in [6.07, 6.45) is 4.84. The van der Waals surface area contributed by atoms with Crippen molar-refractivity contribution in [2.45, 2.75) is 38.7 Å². The second-order valence-electron chi connectivity index (χ2n) is 6.59. The van der Waals surface area contributed by atoms with Gasteiger partial charge in [-0.2, -0.15) is 4.98 Å². The number of rotatable bonds is 8. The maximum atomic E-state index is 5.69. The second kappa shape index (κ2) is 8.81. The zero-order valence-corrected chi connectivity index (χ0v) is 15.2. The maximum absolute atomic E-state index is 5.69. The van der Waals surface area contributed by atoms with Crippen LogP contribution in [0.25, 0.3) is 11.3 Å². The Bertz CT molecular complexity index is 656. The summed E-state index contributed by atoms with van der Waals surface area (Å²) in [6, 6.07) is 12.3. The molecule has 5 heteroatoms. The first-order chi connectivity index (χ1) is 12.3. The summed E-state index contributed by atoms with van der Waals surface area (Å²) in [6.45, 7) is 4.82. The molecular weight excluding hydrogens is 312 g/mol. The van der Waals surface area contributed by atoms with Crippen LogP contribution in [0.15, 0.2) is 36.4 Å². The Morgan fingerprint density at radius 3 is 2.80 bits per heavy atom. The largest absolute Gasteiger partial charge is 0.376 e. The van der Waals surface area contributed by atoms with Gasteiger partial charge >= 0.3 is 0 Å². The fourth-order valence-electron chi connectivity index (χ4n) is 2.99. The summed E-state index contributed by atoms with van der Waals surface area (Å²) < 4.78 is 5.69. The second-order valence-corrected chi connectivity index (χ2v) is 6.59. The number of benzene rings is 1. The van der Waals surface area contributed by atoms with E-state index in [4.69, 9.17) is 14.7 Å². The molecule has 0 spiro atoms. The first-order valence-corrected chi connectivity index (χ1v) is 9.27. The number of anilines is 2. The van der Waals surface area contributed by atoms with Crippen LogP contribution in [0.5, 0.6) is 0 Å². The molecule has 2 heterocycles. The number of aromatic nitrogens is 2. The Morgan fingerprint density at radius 1 is 1.24 bits per heavy atom. The molecule has 25 heavy (non-hydrogen) atoms. The number of nitrogens with zero attached hydrogens (tertiary/aromatic N) is 3. The van der Waals surface area contributed by atoms with Crippen molar-refractivity contribution < 1.29 is 4.74 Å². The topological polar surface area (TPSA) is 50.3 Å². The fourth-order valence-corrected chi connectivity index (χ4v) is 2.99. The zero-order chi connectivity index (χ0) is 17.5. The van der Waals surface area contributed by atoms with E-state index in [2.05, 4.69) is 42.4 Å². The van der Waals surface area contributed by atoms with E-state index in [0.29, 0.717) is 5.95 Å². The van der Waals surface area contributed by atoms with Gasteiger partial charge in [0, 0.05) is 38.4 Å². The Morgan fingerprint density at radius 2 is 2.08 bits per heavy atom. The molecule has 0 aliphatic carbocycles. The molecule has 1 atom stereocenters. The van der Waals surface area contributed by atoms with Crippen LogP contribution in [-0.2, 0) is 4.74 Å². The molecule has 5 nitrogen and oxygen atoms in total. The van der Waals surface area contributed by atoms with Crippen LogP contribution in [0, 0.1) is 0 Å². The molecule has 0 amide bonds. The van der Waals surface area contributed by atoms with E-state index in [-0.39, 0.29) is 6.10 Å². The molecule has 134 valence electrons. The van der Waals surface area contributed by atoms with E-state index < -0.39 is 0 Å². The maximum Gasteiger partial charge on any atom is 0.225 e. The molecular formula is C20H28N4O. The van der Waals surface area contributed by atoms with Crippen molar-refractivity contribution in [3.8, 4) is 11.3 Å². The van der Waals surface area contributed by atoms with E-state index in [9.17, 15) is 0 Å². The lowest BCUT2D eigenvalue weighted by molar-refractivity contribution is 0.120. The van der Waals surface area contributed by atoms with E-state index in [1.807, 2.05) is 18.2 Å². The van der Waals surface area contributed by atoms with Gasteiger partial charge in [0.1, 0.15) is 5.82 Å². The monoisotopic (exact) mass is 340 g/mol. The normalized spacial score (nSPS) is 16.8. The summed E-state index contributed by atoms with van der Waals surface area (Å²) >= 11 is 0. The summed E-state index contributed by atoms with van der Waals surface area (Å²) in [4.78, 5) is 11.6. The van der Waals surface area contributed by atoms with Crippen molar-refractivity contribution in [3.63, 3.8) is 0 Å². The molecule has 3 rings (SSSR count). The molecule has 1 fully saturated rings. The number of hydrogen-bond donors (Lipinski definition) is 1. The minimum absolute atomic E-state index is 0.269. The minimum Gasteiger partial charge on any atom is -0.376 e. The smallest absolute Gasteiger partial charge is 0.225 e. The molecule has 1 saturated heterocycles. The third-order valence-corrected chi connectivity index (χ3v) is 4.53. The van der Waals surface area contributed by atoms with Gasteiger partial charge in [0.15, 0.2) is 0 Å². The Kier molecular flexibility index (Phi) is 6.23. The van der Waals surface area contributed by atoms with Crippen molar-refractivity contribution >= 4 is 11.8 Å². The number of unbranched alkanes of at least 4 members (excludes halogenated alkanes) is 1. The van der Waals surface area contributed by atoms with E-state index in [1.54, 1.807) is 0 Å². The SMILES string of the molecule is CCCCN(C)c1cc(-c2ccccc2)nc(NCC2CCCO2)n1. The molecule has 1 unspecified atom stereocenters. The lowest BCUT2D eigenvalue weighted by Crippen LogP contribution is -2.22. The van der Waals surface area contributed by atoms with Gasteiger partial charge in [0.05, 0.1) is 11.8 Å². The molecule has 0 bridgehead atoms. The fraction of sp³-hybridized carbons (Fsp3) is 0.500. The number of ether oxygens (including phenoxy) is 1. The van der Waals surface area contributed by atoms with Crippen LogP contribution in [0.3, 0.4) is 0 Å². The van der Waals surface area contributed by atoms with Crippen LogP contribution < -0.4 is 10.2 Å². The summed E-state index contributed by atoms with van der Waals surface area (Å²) in [5.74, 6) is 1.63. The molecule has 1 aliphatic rings. The van der Waals surface area contributed by atoms with Crippen LogP contribution in [0.1, 0.15) is 32.6 Å². The zero-order valence-electron chi connectivity index (χ0n) is 15.2. The van der Waals surface area contributed by atoms with Gasteiger partial charge in [-0.1, -0.05) is 43.7 Å². The Labute approximate surface area is 150 Å². The highest BCUT2D eigenvalue weighted by Gasteiger charge is 2.16. The van der Waals surface area contributed by atoms with Crippen molar-refractivity contribution in [1.29, 1.82) is 0 Å². The van der Waals surface area contributed by atoms with Crippen LogP contribution in [0.4, 0.5) is 11.8 Å². The van der Waals surface area contributed by atoms with Gasteiger partial charge < -0.3 is 15.0 Å². The standard InChI is InChI=1S/C20H28N4O/c1-3-4-12-24(2)19-14-18(16-9-6-5-7-10-16)22-20(23-19)21-15-17-11-8-13-25-17/h5-7,9-10,14,17H,3-4,8,11-13,15H2,1-2H3,(H,21,22,23). The predicted octanol–water partition coefficient (Wildman–Crippen LogP) is 3.97. The van der Waals surface area contributed by atoms with E-state index >= 15 is 0 Å². The van der Waals surface area contributed by atoms with Gasteiger partial charge in [0.25, 0.3) is 0 Å². The average molecular weight is 340 g/mol. The highest BCUT2D eigenvalue weighted by atomic mass is 16.5. The predicted molar refractivity (Wildman–Crippen MR) is 103 cm³/mol. The van der Waals surface area contributed by atoms with Gasteiger partial charge in [-0.05, 0) is 19.3 Å². The third-order valence-electron chi connectivity index (χ3n) is 4.53. The van der Waals surface area contributed by atoms with Crippen molar-refractivity contribution in [2.75, 3.05) is 37.0 Å². The minimum atomic E-state index is 0.269. The van der Waals surface area contributed by atoms with E-state index in [1.165, 1.54) is 6.42 Å². The van der Waals surface area contributed by atoms with Crippen LogP contribution in [-0.4, -0.2) is 42.8 Å². The molecule has 1 aromatic heterocycles. The van der Waals surface area contributed by atoms with Gasteiger partial charge in [-0.15, -0.1) is 0 Å². The van der Waals surface area contributed by atoms with Crippen LogP contribution in [0.2, 0.25) is 0 Å². The first-order valence-electron chi connectivity index (χ1n) is 9.27.